The van der Waals surface area contributed by atoms with Gasteiger partial charge in [-0.05, 0) is 44.6 Å². The number of piperidine rings is 1. The van der Waals surface area contributed by atoms with Gasteiger partial charge in [0.25, 0.3) is 0 Å². The molecule has 1 fully saturated rings. The van der Waals surface area contributed by atoms with Gasteiger partial charge in [0.05, 0.1) is 6.54 Å². The van der Waals surface area contributed by atoms with Crippen molar-refractivity contribution in [2.24, 2.45) is 0 Å². The molecule has 0 radical (unpaired) electrons. The van der Waals surface area contributed by atoms with E-state index in [4.69, 9.17) is 0 Å². The van der Waals surface area contributed by atoms with E-state index in [1.165, 1.54) is 6.42 Å². The zero-order valence-corrected chi connectivity index (χ0v) is 15.3. The first-order valence-corrected chi connectivity index (χ1v) is 9.40. The molecule has 2 unspecified atom stereocenters. The predicted molar refractivity (Wildman–Crippen MR) is 97.9 cm³/mol. The second-order valence-corrected chi connectivity index (χ2v) is 7.33. The summed E-state index contributed by atoms with van der Waals surface area (Å²) in [6.07, 6.45) is 4.94. The number of urea groups is 1. The Labute approximate surface area is 148 Å². The molecule has 5 nitrogen and oxygen atoms in total. The number of carbonyl (C=O) groups is 2. The second kappa shape index (κ2) is 8.87. The number of hydrogen-bond acceptors (Lipinski definition) is 3. The molecule has 24 heavy (non-hydrogen) atoms. The van der Waals surface area contributed by atoms with Crippen LogP contribution in [-0.4, -0.2) is 46.9 Å². The number of nitrogens with one attached hydrogen (secondary N) is 1. The van der Waals surface area contributed by atoms with E-state index in [9.17, 15) is 9.59 Å². The Morgan fingerprint density at radius 1 is 1.54 bits per heavy atom. The zero-order valence-electron chi connectivity index (χ0n) is 14.5. The third-order valence-corrected chi connectivity index (χ3v) is 5.22. The maximum Gasteiger partial charge on any atom is 0.318 e. The van der Waals surface area contributed by atoms with Crippen LogP contribution in [0.1, 0.15) is 38.0 Å². The van der Waals surface area contributed by atoms with Gasteiger partial charge in [0.15, 0.2) is 0 Å². The standard InChI is InChI=1S/C18H27N3O2S/c1-4-10-20(13-16-9-7-12-24-16)18(23)19-15(3)17(22)21-11-6-5-8-14(21)2/h4,7,9,12,14-15H,1,5-6,8,10-11,13H2,2-3H3,(H,19,23). The highest BCUT2D eigenvalue weighted by Gasteiger charge is 2.28. The van der Waals surface area contributed by atoms with Gasteiger partial charge < -0.3 is 15.1 Å². The lowest BCUT2D eigenvalue weighted by atomic mass is 10.0. The molecule has 132 valence electrons. The number of nitrogens with zero attached hydrogens (tertiary/aromatic N) is 2. The maximum absolute atomic E-state index is 12.6. The van der Waals surface area contributed by atoms with Gasteiger partial charge in [-0.1, -0.05) is 12.1 Å². The number of rotatable bonds is 6. The van der Waals surface area contributed by atoms with Crippen LogP contribution < -0.4 is 5.32 Å². The average Bonchev–Trinajstić information content (AvgIpc) is 3.07. The third-order valence-electron chi connectivity index (χ3n) is 4.36. The van der Waals surface area contributed by atoms with Crippen molar-refractivity contribution in [1.29, 1.82) is 0 Å². The van der Waals surface area contributed by atoms with Crippen molar-refractivity contribution in [1.82, 2.24) is 15.1 Å². The first-order chi connectivity index (χ1) is 11.5. The van der Waals surface area contributed by atoms with Gasteiger partial charge in [0.2, 0.25) is 5.91 Å². The van der Waals surface area contributed by atoms with Gasteiger partial charge in [-0.15, -0.1) is 17.9 Å². The van der Waals surface area contributed by atoms with Crippen LogP contribution in [0.25, 0.3) is 0 Å². The van der Waals surface area contributed by atoms with Gasteiger partial charge in [0.1, 0.15) is 6.04 Å². The molecule has 6 heteroatoms. The van der Waals surface area contributed by atoms with Crippen LogP contribution in [0.15, 0.2) is 30.2 Å². The molecule has 2 heterocycles. The summed E-state index contributed by atoms with van der Waals surface area (Å²) in [7, 11) is 0. The number of thiophene rings is 1. The molecule has 2 atom stereocenters. The molecule has 0 bridgehead atoms. The fourth-order valence-electron chi connectivity index (χ4n) is 2.98. The van der Waals surface area contributed by atoms with E-state index in [1.54, 1.807) is 29.2 Å². The normalized spacial score (nSPS) is 18.8. The predicted octanol–water partition coefficient (Wildman–Crippen LogP) is 3.24. The number of amides is 3. The maximum atomic E-state index is 12.6. The summed E-state index contributed by atoms with van der Waals surface area (Å²) in [6, 6.07) is 3.47. The van der Waals surface area contributed by atoms with Gasteiger partial charge >= 0.3 is 6.03 Å². The highest BCUT2D eigenvalue weighted by Crippen LogP contribution is 2.17. The van der Waals surface area contributed by atoms with Crippen molar-refractivity contribution in [2.45, 2.75) is 51.7 Å². The van der Waals surface area contributed by atoms with Gasteiger partial charge in [-0.2, -0.15) is 0 Å². The van der Waals surface area contributed by atoms with Crippen molar-refractivity contribution in [3.63, 3.8) is 0 Å². The Morgan fingerprint density at radius 3 is 2.96 bits per heavy atom. The number of carbonyl (C=O) groups excluding carboxylic acids is 2. The Bertz CT molecular complexity index is 559. The number of hydrogen-bond donors (Lipinski definition) is 1. The summed E-state index contributed by atoms with van der Waals surface area (Å²) < 4.78 is 0. The Balaban J connectivity index is 1.94. The van der Waals surface area contributed by atoms with Gasteiger partial charge in [0, 0.05) is 24.0 Å². The fraction of sp³-hybridized carbons (Fsp3) is 0.556. The summed E-state index contributed by atoms with van der Waals surface area (Å²) in [5, 5.41) is 4.84. The molecule has 2 rings (SSSR count). The largest absolute Gasteiger partial charge is 0.338 e. The van der Waals surface area contributed by atoms with Crippen LogP contribution >= 0.6 is 11.3 Å². The highest BCUT2D eigenvalue weighted by molar-refractivity contribution is 7.09. The summed E-state index contributed by atoms with van der Waals surface area (Å²) in [4.78, 5) is 29.8. The highest BCUT2D eigenvalue weighted by atomic mass is 32.1. The van der Waals surface area contributed by atoms with Crippen molar-refractivity contribution in [3.05, 3.63) is 35.0 Å². The molecule has 1 N–H and O–H groups in total. The van der Waals surface area contributed by atoms with Crippen molar-refractivity contribution < 1.29 is 9.59 Å². The van der Waals surface area contributed by atoms with Gasteiger partial charge in [-0.25, -0.2) is 4.79 Å². The molecule has 0 aromatic carbocycles. The van der Waals surface area contributed by atoms with Crippen LogP contribution in [0.2, 0.25) is 0 Å². The zero-order chi connectivity index (χ0) is 17.5. The summed E-state index contributed by atoms with van der Waals surface area (Å²) >= 11 is 1.61. The van der Waals surface area contributed by atoms with Crippen LogP contribution in [-0.2, 0) is 11.3 Å². The Kier molecular flexibility index (Phi) is 6.85. The van der Waals surface area contributed by atoms with Crippen LogP contribution in [0.5, 0.6) is 0 Å². The smallest absolute Gasteiger partial charge is 0.318 e. The molecule has 3 amide bonds. The molecule has 0 saturated carbocycles. The quantitative estimate of drug-likeness (QED) is 0.802. The summed E-state index contributed by atoms with van der Waals surface area (Å²) in [6.45, 7) is 9.31. The molecule has 0 spiro atoms. The van der Waals surface area contributed by atoms with E-state index < -0.39 is 6.04 Å². The van der Waals surface area contributed by atoms with E-state index in [0.29, 0.717) is 13.1 Å². The first kappa shape index (κ1) is 18.5. The van der Waals surface area contributed by atoms with E-state index in [0.717, 1.165) is 24.3 Å². The molecule has 1 aromatic heterocycles. The van der Waals surface area contributed by atoms with Gasteiger partial charge in [-0.3, -0.25) is 4.79 Å². The average molecular weight is 350 g/mol. The summed E-state index contributed by atoms with van der Waals surface area (Å²) in [5.74, 6) is 0.00484. The molecule has 1 aliphatic heterocycles. The molecular weight excluding hydrogens is 322 g/mol. The molecule has 0 aliphatic carbocycles. The van der Waals surface area contributed by atoms with Crippen LogP contribution in [0.3, 0.4) is 0 Å². The lowest BCUT2D eigenvalue weighted by Crippen LogP contribution is -2.53. The van der Waals surface area contributed by atoms with Crippen molar-refractivity contribution >= 4 is 23.3 Å². The molecule has 1 aliphatic rings. The Hall–Kier alpha value is -1.82. The van der Waals surface area contributed by atoms with Crippen LogP contribution in [0, 0.1) is 0 Å². The SMILES string of the molecule is C=CCN(Cc1cccs1)C(=O)NC(C)C(=O)N1CCCCC1C. The van der Waals surface area contributed by atoms with E-state index in [-0.39, 0.29) is 18.0 Å². The first-order valence-electron chi connectivity index (χ1n) is 8.52. The lowest BCUT2D eigenvalue weighted by molar-refractivity contribution is -0.136. The molecule has 1 saturated heterocycles. The fourth-order valence-corrected chi connectivity index (χ4v) is 3.70. The topological polar surface area (TPSA) is 52.7 Å². The van der Waals surface area contributed by atoms with E-state index in [2.05, 4.69) is 18.8 Å². The minimum Gasteiger partial charge on any atom is -0.338 e. The summed E-state index contributed by atoms with van der Waals surface area (Å²) in [5.41, 5.74) is 0. The van der Waals surface area contributed by atoms with Crippen molar-refractivity contribution in [2.75, 3.05) is 13.1 Å². The third kappa shape index (κ3) is 4.84. The Morgan fingerprint density at radius 2 is 2.33 bits per heavy atom. The lowest BCUT2D eigenvalue weighted by Gasteiger charge is -2.35. The van der Waals surface area contributed by atoms with E-state index in [1.807, 2.05) is 22.4 Å². The number of likely N-dealkylation sites (tertiary alicyclic amines) is 1. The molecular formula is C18H27N3O2S. The van der Waals surface area contributed by atoms with Crippen molar-refractivity contribution in [3.8, 4) is 0 Å². The minimum absolute atomic E-state index is 0.00484. The second-order valence-electron chi connectivity index (χ2n) is 6.30. The minimum atomic E-state index is -0.520. The van der Waals surface area contributed by atoms with E-state index >= 15 is 0 Å². The monoisotopic (exact) mass is 349 g/mol. The van der Waals surface area contributed by atoms with Crippen LogP contribution in [0.4, 0.5) is 4.79 Å². The molecule has 1 aromatic rings.